The van der Waals surface area contributed by atoms with Crippen LogP contribution in [0.2, 0.25) is 0 Å². The first-order valence-corrected chi connectivity index (χ1v) is 9.06. The number of hydrogen-bond donors (Lipinski definition) is 1. The third-order valence-electron chi connectivity index (χ3n) is 5.32. The number of nitrogens with zero attached hydrogens (tertiary/aromatic N) is 2. The van der Waals surface area contributed by atoms with Gasteiger partial charge in [0, 0.05) is 31.7 Å². The highest BCUT2D eigenvalue weighted by Gasteiger charge is 2.32. The van der Waals surface area contributed by atoms with Gasteiger partial charge in [0.15, 0.2) is 0 Å². The minimum atomic E-state index is 0.439. The average molecular weight is 295 g/mol. The maximum Gasteiger partial charge on any atom is 0.0707 e. The molecule has 4 nitrogen and oxygen atoms in total. The van der Waals surface area contributed by atoms with Crippen molar-refractivity contribution in [3.8, 4) is 0 Å². The molecule has 0 aromatic carbocycles. The quantitative estimate of drug-likeness (QED) is 0.807. The van der Waals surface area contributed by atoms with Crippen molar-refractivity contribution in [1.82, 2.24) is 15.1 Å². The predicted octanol–water partition coefficient (Wildman–Crippen LogP) is 1.70. The second kappa shape index (κ2) is 7.40. The van der Waals surface area contributed by atoms with Crippen LogP contribution >= 0.6 is 0 Å². The molecule has 3 rings (SSSR count). The largest absolute Gasteiger partial charge is 0.372 e. The van der Waals surface area contributed by atoms with Crippen LogP contribution in [0.3, 0.4) is 0 Å². The van der Waals surface area contributed by atoms with Crippen molar-refractivity contribution >= 4 is 0 Å². The summed E-state index contributed by atoms with van der Waals surface area (Å²) in [7, 11) is 0. The van der Waals surface area contributed by atoms with Crippen LogP contribution in [0.1, 0.15) is 46.0 Å². The Balaban J connectivity index is 1.36. The number of likely N-dealkylation sites (tertiary alicyclic amines) is 2. The van der Waals surface area contributed by atoms with Gasteiger partial charge in [-0.05, 0) is 51.7 Å². The molecule has 0 radical (unpaired) electrons. The molecule has 0 spiro atoms. The maximum atomic E-state index is 6.22. The lowest BCUT2D eigenvalue weighted by Gasteiger charge is -2.25. The third-order valence-corrected chi connectivity index (χ3v) is 5.32. The molecule has 3 fully saturated rings. The summed E-state index contributed by atoms with van der Waals surface area (Å²) in [5.74, 6) is 0. The molecular weight excluding hydrogens is 262 g/mol. The van der Waals surface area contributed by atoms with E-state index in [0.29, 0.717) is 18.2 Å². The normalized spacial score (nSPS) is 35.3. The summed E-state index contributed by atoms with van der Waals surface area (Å²) < 4.78 is 6.22. The third kappa shape index (κ3) is 4.41. The maximum absolute atomic E-state index is 6.22. The first-order valence-electron chi connectivity index (χ1n) is 9.06. The molecule has 21 heavy (non-hydrogen) atoms. The number of rotatable bonds is 6. The molecule has 0 aliphatic carbocycles. The Morgan fingerprint density at radius 1 is 1.05 bits per heavy atom. The lowest BCUT2D eigenvalue weighted by molar-refractivity contribution is 0.0256. The molecule has 3 aliphatic heterocycles. The van der Waals surface area contributed by atoms with E-state index in [-0.39, 0.29) is 0 Å². The van der Waals surface area contributed by atoms with Crippen molar-refractivity contribution in [1.29, 1.82) is 0 Å². The van der Waals surface area contributed by atoms with Crippen molar-refractivity contribution in [3.05, 3.63) is 0 Å². The van der Waals surface area contributed by atoms with Gasteiger partial charge in [-0.15, -0.1) is 0 Å². The average Bonchev–Trinajstić information content (AvgIpc) is 3.18. The smallest absolute Gasteiger partial charge is 0.0707 e. The SMILES string of the molecule is CC(C)NCC1CCC(CN2CCC(N3CCCC3)C2)O1. The van der Waals surface area contributed by atoms with Gasteiger partial charge in [-0.1, -0.05) is 13.8 Å². The zero-order valence-corrected chi connectivity index (χ0v) is 13.9. The first kappa shape index (κ1) is 15.7. The van der Waals surface area contributed by atoms with E-state index < -0.39 is 0 Å². The van der Waals surface area contributed by atoms with Crippen molar-refractivity contribution < 1.29 is 4.74 Å². The summed E-state index contributed by atoms with van der Waals surface area (Å²) in [5.41, 5.74) is 0. The first-order chi connectivity index (χ1) is 10.2. The number of ether oxygens (including phenoxy) is 1. The van der Waals surface area contributed by atoms with Gasteiger partial charge in [0.1, 0.15) is 0 Å². The second-order valence-corrected chi connectivity index (χ2v) is 7.47. The Morgan fingerprint density at radius 3 is 2.57 bits per heavy atom. The van der Waals surface area contributed by atoms with E-state index >= 15 is 0 Å². The molecule has 3 heterocycles. The Bertz CT molecular complexity index is 317. The van der Waals surface area contributed by atoms with Gasteiger partial charge in [-0.3, -0.25) is 9.80 Å². The lowest BCUT2D eigenvalue weighted by atomic mass is 10.2. The molecule has 0 aromatic rings. The lowest BCUT2D eigenvalue weighted by Crippen LogP contribution is -2.38. The standard InChI is InChI=1S/C17H33N3O/c1-14(2)18-11-16-5-6-17(21-16)13-19-10-7-15(12-19)20-8-3-4-9-20/h14-18H,3-13H2,1-2H3. The van der Waals surface area contributed by atoms with Crippen LogP contribution in [0.25, 0.3) is 0 Å². The van der Waals surface area contributed by atoms with Gasteiger partial charge in [0.2, 0.25) is 0 Å². The van der Waals surface area contributed by atoms with Crippen LogP contribution in [0.15, 0.2) is 0 Å². The second-order valence-electron chi connectivity index (χ2n) is 7.47. The number of nitrogens with one attached hydrogen (secondary N) is 1. The van der Waals surface area contributed by atoms with Crippen LogP contribution in [-0.4, -0.2) is 73.4 Å². The molecule has 0 amide bonds. The van der Waals surface area contributed by atoms with Crippen LogP contribution in [0, 0.1) is 0 Å². The summed E-state index contributed by atoms with van der Waals surface area (Å²) in [6.07, 6.45) is 7.57. The van der Waals surface area contributed by atoms with Crippen LogP contribution in [-0.2, 0) is 4.74 Å². The summed E-state index contributed by atoms with van der Waals surface area (Å²) in [5, 5.41) is 3.50. The highest BCUT2D eigenvalue weighted by Crippen LogP contribution is 2.24. The van der Waals surface area contributed by atoms with Crippen molar-refractivity contribution in [2.45, 2.75) is 70.2 Å². The van der Waals surface area contributed by atoms with Gasteiger partial charge >= 0.3 is 0 Å². The van der Waals surface area contributed by atoms with Crippen molar-refractivity contribution in [2.24, 2.45) is 0 Å². The van der Waals surface area contributed by atoms with E-state index in [1.165, 1.54) is 58.3 Å². The molecule has 3 atom stereocenters. The van der Waals surface area contributed by atoms with E-state index in [1.807, 2.05) is 0 Å². The van der Waals surface area contributed by atoms with E-state index in [1.54, 1.807) is 0 Å². The van der Waals surface area contributed by atoms with E-state index in [2.05, 4.69) is 29.0 Å². The molecule has 122 valence electrons. The summed E-state index contributed by atoms with van der Waals surface area (Å²) >= 11 is 0. The van der Waals surface area contributed by atoms with Crippen LogP contribution in [0.5, 0.6) is 0 Å². The van der Waals surface area contributed by atoms with Crippen LogP contribution in [0.4, 0.5) is 0 Å². The van der Waals surface area contributed by atoms with Gasteiger partial charge in [-0.25, -0.2) is 0 Å². The molecule has 4 heteroatoms. The van der Waals surface area contributed by atoms with Gasteiger partial charge < -0.3 is 10.1 Å². The van der Waals surface area contributed by atoms with Crippen LogP contribution < -0.4 is 5.32 Å². The van der Waals surface area contributed by atoms with E-state index in [4.69, 9.17) is 4.74 Å². The Hall–Kier alpha value is -0.160. The topological polar surface area (TPSA) is 27.7 Å². The van der Waals surface area contributed by atoms with Gasteiger partial charge in [0.25, 0.3) is 0 Å². The fourth-order valence-corrected chi connectivity index (χ4v) is 4.10. The Kier molecular flexibility index (Phi) is 5.54. The molecule has 3 saturated heterocycles. The molecule has 0 bridgehead atoms. The minimum Gasteiger partial charge on any atom is -0.372 e. The summed E-state index contributed by atoms with van der Waals surface area (Å²) in [4.78, 5) is 5.36. The molecular formula is C17H33N3O. The number of hydrogen-bond acceptors (Lipinski definition) is 4. The Labute approximate surface area is 130 Å². The minimum absolute atomic E-state index is 0.439. The molecule has 0 aromatic heterocycles. The molecule has 1 N–H and O–H groups in total. The predicted molar refractivity (Wildman–Crippen MR) is 86.7 cm³/mol. The van der Waals surface area contributed by atoms with Crippen molar-refractivity contribution in [2.75, 3.05) is 39.3 Å². The zero-order valence-electron chi connectivity index (χ0n) is 13.9. The monoisotopic (exact) mass is 295 g/mol. The Morgan fingerprint density at radius 2 is 1.81 bits per heavy atom. The van der Waals surface area contributed by atoms with Crippen molar-refractivity contribution in [3.63, 3.8) is 0 Å². The molecule has 3 aliphatic rings. The molecule has 3 unspecified atom stereocenters. The molecule has 0 saturated carbocycles. The van der Waals surface area contributed by atoms with Gasteiger partial charge in [0.05, 0.1) is 12.2 Å². The van der Waals surface area contributed by atoms with Gasteiger partial charge in [-0.2, -0.15) is 0 Å². The fourth-order valence-electron chi connectivity index (χ4n) is 4.10. The highest BCUT2D eigenvalue weighted by molar-refractivity contribution is 4.88. The highest BCUT2D eigenvalue weighted by atomic mass is 16.5. The zero-order chi connectivity index (χ0) is 14.7. The van der Waals surface area contributed by atoms with E-state index in [0.717, 1.165) is 19.1 Å². The summed E-state index contributed by atoms with van der Waals surface area (Å²) in [6.45, 7) is 11.8. The fraction of sp³-hybridized carbons (Fsp3) is 1.00. The summed E-state index contributed by atoms with van der Waals surface area (Å²) in [6, 6.07) is 1.39. The van der Waals surface area contributed by atoms with E-state index in [9.17, 15) is 0 Å².